The van der Waals surface area contributed by atoms with Crippen LogP contribution in [0, 0.1) is 0 Å². The number of allylic oxidation sites excluding steroid dienone is 1. The number of hydrogen-bond donors (Lipinski definition) is 1. The van der Waals surface area contributed by atoms with Crippen LogP contribution in [0.15, 0.2) is 11.3 Å². The van der Waals surface area contributed by atoms with E-state index in [2.05, 4.69) is 10.00 Å². The molecule has 152 valence electrons. The Labute approximate surface area is 166 Å². The molecule has 3 aliphatic carbocycles. The van der Waals surface area contributed by atoms with Crippen LogP contribution in [-0.4, -0.2) is 28.3 Å². The Hall–Kier alpha value is -2.11. The van der Waals surface area contributed by atoms with Crippen LogP contribution in [0.2, 0.25) is 0 Å². The predicted octanol–water partition coefficient (Wildman–Crippen LogP) is 4.00. The molecule has 0 aromatic carbocycles. The lowest BCUT2D eigenvalue weighted by Crippen LogP contribution is -2.26. The third kappa shape index (κ3) is 3.74. The zero-order chi connectivity index (χ0) is 19.5. The largest absolute Gasteiger partial charge is 0.463 e. The maximum atomic E-state index is 13.1. The number of esters is 1. The number of rotatable bonds is 5. The third-order valence-corrected chi connectivity index (χ3v) is 6.35. The van der Waals surface area contributed by atoms with Gasteiger partial charge in [0.2, 0.25) is 0 Å². The summed E-state index contributed by atoms with van der Waals surface area (Å²) in [6.07, 6.45) is 12.6. The van der Waals surface area contributed by atoms with Crippen molar-refractivity contribution in [3.63, 3.8) is 0 Å². The Balaban J connectivity index is 1.60. The summed E-state index contributed by atoms with van der Waals surface area (Å²) in [5.41, 5.74) is 4.32. The Morgan fingerprint density at radius 3 is 2.61 bits per heavy atom. The molecular formula is C22H31N3O3. The van der Waals surface area contributed by atoms with Gasteiger partial charge in [0.15, 0.2) is 5.69 Å². The molecule has 28 heavy (non-hydrogen) atoms. The first-order valence-electron chi connectivity index (χ1n) is 11.0. The Bertz CT molecular complexity index is 787. The summed E-state index contributed by atoms with van der Waals surface area (Å²) < 4.78 is 7.33. The van der Waals surface area contributed by atoms with Crippen LogP contribution in [0.5, 0.6) is 0 Å². The van der Waals surface area contributed by atoms with Gasteiger partial charge in [-0.2, -0.15) is 5.10 Å². The molecule has 6 nitrogen and oxygen atoms in total. The second-order valence-electron chi connectivity index (χ2n) is 8.20. The van der Waals surface area contributed by atoms with Gasteiger partial charge in [-0.25, -0.2) is 4.79 Å². The van der Waals surface area contributed by atoms with Crippen molar-refractivity contribution < 1.29 is 14.3 Å². The summed E-state index contributed by atoms with van der Waals surface area (Å²) in [6, 6.07) is 0.433. The van der Waals surface area contributed by atoms with Crippen molar-refractivity contribution in [2.75, 3.05) is 6.61 Å². The highest BCUT2D eigenvalue weighted by atomic mass is 16.5. The van der Waals surface area contributed by atoms with Crippen LogP contribution in [-0.2, 0) is 22.4 Å². The van der Waals surface area contributed by atoms with Crippen LogP contribution in [0.3, 0.4) is 0 Å². The molecule has 0 spiro atoms. The summed E-state index contributed by atoms with van der Waals surface area (Å²) in [6.45, 7) is 2.15. The van der Waals surface area contributed by atoms with Gasteiger partial charge in [0.25, 0.3) is 5.91 Å². The number of carbonyl (C=O) groups excluding carboxylic acids is 2. The van der Waals surface area contributed by atoms with Gasteiger partial charge in [0.1, 0.15) is 0 Å². The molecule has 1 amide bonds. The second kappa shape index (κ2) is 8.50. The van der Waals surface area contributed by atoms with Crippen LogP contribution >= 0.6 is 0 Å². The number of fused-ring (bicyclic) bond motifs is 1. The van der Waals surface area contributed by atoms with Gasteiger partial charge in [-0.15, -0.1) is 0 Å². The summed E-state index contributed by atoms with van der Waals surface area (Å²) in [4.78, 5) is 25.3. The highest BCUT2D eigenvalue weighted by Crippen LogP contribution is 2.34. The Kier molecular flexibility index (Phi) is 5.83. The SMILES string of the molecule is CCOC(=O)C1=C(NC(=O)c2nn(C3CCCCC3)c3c2CCCC3)CCC1. The minimum atomic E-state index is -0.301. The Morgan fingerprint density at radius 1 is 1.04 bits per heavy atom. The van der Waals surface area contributed by atoms with Crippen LogP contribution in [0.25, 0.3) is 0 Å². The molecule has 3 aliphatic rings. The van der Waals surface area contributed by atoms with E-state index >= 15 is 0 Å². The molecular weight excluding hydrogens is 354 g/mol. The van der Waals surface area contributed by atoms with Gasteiger partial charge in [-0.05, 0) is 64.7 Å². The fourth-order valence-electron chi connectivity index (χ4n) is 4.96. The normalized spacial score (nSPS) is 20.2. The quantitative estimate of drug-likeness (QED) is 0.778. The van der Waals surface area contributed by atoms with Gasteiger partial charge in [0.05, 0.1) is 18.2 Å². The number of hydrogen-bond acceptors (Lipinski definition) is 4. The summed E-state index contributed by atoms with van der Waals surface area (Å²) in [5.74, 6) is -0.462. The molecule has 0 aliphatic heterocycles. The molecule has 6 heteroatoms. The molecule has 0 bridgehead atoms. The first-order chi connectivity index (χ1) is 13.7. The van der Waals surface area contributed by atoms with Crippen molar-refractivity contribution >= 4 is 11.9 Å². The fraction of sp³-hybridized carbons (Fsp3) is 0.682. The minimum absolute atomic E-state index is 0.161. The predicted molar refractivity (Wildman–Crippen MR) is 106 cm³/mol. The maximum absolute atomic E-state index is 13.1. The van der Waals surface area contributed by atoms with E-state index in [1.54, 1.807) is 6.92 Å². The zero-order valence-electron chi connectivity index (χ0n) is 16.9. The fourth-order valence-corrected chi connectivity index (χ4v) is 4.96. The number of amides is 1. The summed E-state index contributed by atoms with van der Waals surface area (Å²) in [7, 11) is 0. The molecule has 0 unspecified atom stereocenters. The van der Waals surface area contributed by atoms with Crippen molar-refractivity contribution in [1.29, 1.82) is 0 Å². The van der Waals surface area contributed by atoms with Gasteiger partial charge in [0, 0.05) is 17.0 Å². The van der Waals surface area contributed by atoms with Crippen LogP contribution in [0.4, 0.5) is 0 Å². The van der Waals surface area contributed by atoms with Crippen molar-refractivity contribution in [3.8, 4) is 0 Å². The van der Waals surface area contributed by atoms with E-state index in [4.69, 9.17) is 9.84 Å². The van der Waals surface area contributed by atoms with E-state index in [0.29, 0.717) is 36.8 Å². The lowest BCUT2D eigenvalue weighted by Gasteiger charge is -2.25. The Morgan fingerprint density at radius 2 is 1.82 bits per heavy atom. The molecule has 0 saturated heterocycles. The van der Waals surface area contributed by atoms with E-state index in [1.807, 2.05) is 0 Å². The van der Waals surface area contributed by atoms with Gasteiger partial charge in [-0.3, -0.25) is 9.48 Å². The van der Waals surface area contributed by atoms with Gasteiger partial charge >= 0.3 is 5.97 Å². The van der Waals surface area contributed by atoms with Crippen molar-refractivity contribution in [1.82, 2.24) is 15.1 Å². The average Bonchev–Trinajstić information content (AvgIpc) is 3.33. The molecule has 4 rings (SSSR count). The standard InChI is InChI=1S/C22H31N3O3/c1-2-28-22(27)16-12-8-13-18(16)23-21(26)20-17-11-6-7-14-19(17)25(24-20)15-9-4-3-5-10-15/h15H,2-14H2,1H3,(H,23,26). The average molecular weight is 386 g/mol. The third-order valence-electron chi connectivity index (χ3n) is 6.35. The van der Waals surface area contributed by atoms with E-state index in [1.165, 1.54) is 31.4 Å². The number of aromatic nitrogens is 2. The number of nitrogens with one attached hydrogen (secondary N) is 1. The lowest BCUT2D eigenvalue weighted by atomic mass is 9.92. The molecule has 1 saturated carbocycles. The van der Waals surface area contributed by atoms with E-state index in [0.717, 1.165) is 49.8 Å². The molecule has 1 fully saturated rings. The summed E-state index contributed by atoms with van der Waals surface area (Å²) in [5, 5.41) is 7.84. The smallest absolute Gasteiger partial charge is 0.335 e. The number of nitrogens with zero attached hydrogens (tertiary/aromatic N) is 2. The monoisotopic (exact) mass is 385 g/mol. The van der Waals surface area contributed by atoms with Crippen molar-refractivity contribution in [3.05, 3.63) is 28.2 Å². The number of carbonyl (C=O) groups is 2. The topological polar surface area (TPSA) is 73.2 Å². The first kappa shape index (κ1) is 19.2. The minimum Gasteiger partial charge on any atom is -0.463 e. The molecule has 0 radical (unpaired) electrons. The van der Waals surface area contributed by atoms with E-state index in [9.17, 15) is 9.59 Å². The molecule has 0 atom stereocenters. The second-order valence-corrected chi connectivity index (χ2v) is 8.20. The molecule has 1 N–H and O–H groups in total. The van der Waals surface area contributed by atoms with Gasteiger partial charge < -0.3 is 10.1 Å². The van der Waals surface area contributed by atoms with Crippen molar-refractivity contribution in [2.24, 2.45) is 0 Å². The molecule has 1 aromatic heterocycles. The van der Waals surface area contributed by atoms with Gasteiger partial charge in [-0.1, -0.05) is 19.3 Å². The molecule has 1 heterocycles. The number of ether oxygens (including phenoxy) is 1. The van der Waals surface area contributed by atoms with E-state index < -0.39 is 0 Å². The molecule has 1 aromatic rings. The maximum Gasteiger partial charge on any atom is 0.335 e. The zero-order valence-corrected chi connectivity index (χ0v) is 16.9. The highest BCUT2D eigenvalue weighted by molar-refractivity contribution is 5.97. The van der Waals surface area contributed by atoms with Crippen LogP contribution < -0.4 is 5.32 Å². The first-order valence-corrected chi connectivity index (χ1v) is 11.0. The van der Waals surface area contributed by atoms with Crippen molar-refractivity contribution in [2.45, 2.75) is 90.0 Å². The highest BCUT2D eigenvalue weighted by Gasteiger charge is 2.30. The van der Waals surface area contributed by atoms with E-state index in [-0.39, 0.29) is 11.9 Å². The summed E-state index contributed by atoms with van der Waals surface area (Å²) >= 11 is 0. The lowest BCUT2D eigenvalue weighted by molar-refractivity contribution is -0.138. The van der Waals surface area contributed by atoms with Crippen LogP contribution in [0.1, 0.15) is 98.9 Å².